The molecule has 2 amide bonds. The van der Waals surface area contributed by atoms with Crippen molar-refractivity contribution in [2.45, 2.75) is 20.4 Å². The molecule has 0 fully saturated rings. The molecule has 0 spiro atoms. The zero-order chi connectivity index (χ0) is 19.4. The van der Waals surface area contributed by atoms with Crippen LogP contribution in [-0.2, 0) is 6.54 Å². The fraction of sp³-hybridized carbons (Fsp3) is 0.200. The predicted octanol–water partition coefficient (Wildman–Crippen LogP) is 4.15. The van der Waals surface area contributed by atoms with Gasteiger partial charge in [-0.2, -0.15) is 0 Å². The van der Waals surface area contributed by atoms with E-state index < -0.39 is 0 Å². The Balaban J connectivity index is 1.65. The van der Waals surface area contributed by atoms with Crippen molar-refractivity contribution in [2.75, 3.05) is 12.4 Å². The van der Waals surface area contributed by atoms with Crippen molar-refractivity contribution in [3.63, 3.8) is 0 Å². The van der Waals surface area contributed by atoms with E-state index in [9.17, 15) is 9.59 Å². The van der Waals surface area contributed by atoms with Gasteiger partial charge in [0.2, 0.25) is 0 Å². The molecule has 27 heavy (non-hydrogen) atoms. The van der Waals surface area contributed by atoms with Crippen molar-refractivity contribution >= 4 is 28.2 Å². The summed E-state index contributed by atoms with van der Waals surface area (Å²) in [5, 5.41) is 6.24. The maximum atomic E-state index is 12.5. The summed E-state index contributed by atoms with van der Waals surface area (Å²) >= 11 is 1.23. The highest BCUT2D eigenvalue weighted by atomic mass is 32.1. The zero-order valence-electron chi connectivity index (χ0n) is 15.3. The van der Waals surface area contributed by atoms with E-state index in [-0.39, 0.29) is 17.6 Å². The number of amides is 2. The van der Waals surface area contributed by atoms with Crippen LogP contribution in [0.5, 0.6) is 5.75 Å². The first-order chi connectivity index (χ1) is 13.0. The summed E-state index contributed by atoms with van der Waals surface area (Å²) < 4.78 is 10.4. The van der Waals surface area contributed by atoms with Gasteiger partial charge in [-0.15, -0.1) is 11.3 Å². The van der Waals surface area contributed by atoms with Crippen molar-refractivity contribution in [1.82, 2.24) is 5.32 Å². The molecule has 0 aliphatic rings. The van der Waals surface area contributed by atoms with Crippen LogP contribution in [0, 0.1) is 13.8 Å². The van der Waals surface area contributed by atoms with Crippen LogP contribution in [0.2, 0.25) is 0 Å². The number of thiophene rings is 1. The summed E-state index contributed by atoms with van der Waals surface area (Å²) in [5.41, 5.74) is 2.79. The summed E-state index contributed by atoms with van der Waals surface area (Å²) in [4.78, 5) is 25.1. The number of nitrogens with one attached hydrogen (secondary N) is 2. The lowest BCUT2D eigenvalue weighted by atomic mass is 10.1. The molecular weight excluding hydrogens is 364 g/mol. The second-order valence-electron chi connectivity index (χ2n) is 6.04. The van der Waals surface area contributed by atoms with E-state index in [4.69, 9.17) is 9.15 Å². The zero-order valence-corrected chi connectivity index (χ0v) is 16.1. The number of carbonyl (C=O) groups excluding carboxylic acids is 2. The number of hydrogen-bond donors (Lipinski definition) is 2. The van der Waals surface area contributed by atoms with Crippen LogP contribution in [0.25, 0.3) is 0 Å². The first-order valence-electron chi connectivity index (χ1n) is 8.35. The molecule has 2 aromatic heterocycles. The molecule has 0 bridgehead atoms. The maximum absolute atomic E-state index is 12.5. The monoisotopic (exact) mass is 384 g/mol. The van der Waals surface area contributed by atoms with Crippen LogP contribution in [0.4, 0.5) is 5.00 Å². The summed E-state index contributed by atoms with van der Waals surface area (Å²) in [5.74, 6) is 0.479. The van der Waals surface area contributed by atoms with Crippen molar-refractivity contribution in [3.05, 3.63) is 70.0 Å². The first kappa shape index (κ1) is 18.7. The first-order valence-corrected chi connectivity index (χ1v) is 9.16. The van der Waals surface area contributed by atoms with Gasteiger partial charge in [0.25, 0.3) is 11.8 Å². The lowest BCUT2D eigenvalue weighted by molar-refractivity contribution is 0.0953. The minimum atomic E-state index is -0.347. The van der Waals surface area contributed by atoms with Gasteiger partial charge in [0.05, 0.1) is 23.3 Å². The molecule has 0 aliphatic carbocycles. The minimum absolute atomic E-state index is 0.185. The van der Waals surface area contributed by atoms with Crippen molar-refractivity contribution < 1.29 is 18.7 Å². The van der Waals surface area contributed by atoms with Crippen LogP contribution in [-0.4, -0.2) is 18.9 Å². The molecule has 1 aromatic carbocycles. The highest BCUT2D eigenvalue weighted by Crippen LogP contribution is 2.27. The van der Waals surface area contributed by atoms with E-state index in [0.29, 0.717) is 16.4 Å². The Bertz CT molecular complexity index is 961. The summed E-state index contributed by atoms with van der Waals surface area (Å²) in [6, 6.07) is 10.8. The topological polar surface area (TPSA) is 80.6 Å². The van der Waals surface area contributed by atoms with Gasteiger partial charge >= 0.3 is 0 Å². The van der Waals surface area contributed by atoms with Gasteiger partial charge in [-0.3, -0.25) is 9.59 Å². The average molecular weight is 384 g/mol. The number of aryl methyl sites for hydroxylation is 2. The molecule has 0 atom stereocenters. The molecule has 3 rings (SSSR count). The van der Waals surface area contributed by atoms with Crippen molar-refractivity contribution in [2.24, 2.45) is 0 Å². The molecule has 140 valence electrons. The smallest absolute Gasteiger partial charge is 0.291 e. The van der Waals surface area contributed by atoms with E-state index in [2.05, 4.69) is 10.6 Å². The van der Waals surface area contributed by atoms with Gasteiger partial charge in [0, 0.05) is 6.54 Å². The van der Waals surface area contributed by atoms with Crippen molar-refractivity contribution in [3.8, 4) is 5.75 Å². The number of furan rings is 1. The molecule has 2 heterocycles. The number of ether oxygens (including phenoxy) is 1. The van der Waals surface area contributed by atoms with Crippen LogP contribution >= 0.6 is 11.3 Å². The van der Waals surface area contributed by atoms with E-state index in [1.165, 1.54) is 17.6 Å². The third-order valence-corrected chi connectivity index (χ3v) is 5.18. The van der Waals surface area contributed by atoms with Crippen LogP contribution < -0.4 is 15.4 Å². The fourth-order valence-corrected chi connectivity index (χ4v) is 3.57. The molecule has 0 unspecified atom stereocenters. The molecule has 0 saturated heterocycles. The number of benzene rings is 1. The molecule has 2 N–H and O–H groups in total. The molecule has 0 aliphatic heterocycles. The van der Waals surface area contributed by atoms with E-state index in [1.807, 2.05) is 32.0 Å². The quantitative estimate of drug-likeness (QED) is 0.669. The predicted molar refractivity (Wildman–Crippen MR) is 105 cm³/mol. The number of methoxy groups -OCH3 is 1. The third-order valence-electron chi connectivity index (χ3n) is 4.03. The normalized spacial score (nSPS) is 10.5. The summed E-state index contributed by atoms with van der Waals surface area (Å²) in [6.45, 7) is 4.19. The van der Waals surface area contributed by atoms with E-state index in [0.717, 1.165) is 22.4 Å². The van der Waals surface area contributed by atoms with Gasteiger partial charge in [0.1, 0.15) is 5.75 Å². The Morgan fingerprint density at radius 2 is 1.93 bits per heavy atom. The Labute approximate surface area is 161 Å². The number of anilines is 1. The number of hydrogen-bond acceptors (Lipinski definition) is 5. The Morgan fingerprint density at radius 1 is 1.11 bits per heavy atom. The highest BCUT2D eigenvalue weighted by molar-refractivity contribution is 7.18. The van der Waals surface area contributed by atoms with Gasteiger partial charge < -0.3 is 19.8 Å². The fourth-order valence-electron chi connectivity index (χ4n) is 2.59. The molecular formula is C20H20N2O4S. The Hall–Kier alpha value is -3.06. The highest BCUT2D eigenvalue weighted by Gasteiger charge is 2.16. The molecule has 7 heteroatoms. The average Bonchev–Trinajstić information content (AvgIpc) is 3.30. The van der Waals surface area contributed by atoms with Gasteiger partial charge in [-0.05, 0) is 54.8 Å². The van der Waals surface area contributed by atoms with Gasteiger partial charge in [-0.25, -0.2) is 0 Å². The van der Waals surface area contributed by atoms with Gasteiger partial charge in [-0.1, -0.05) is 12.1 Å². The molecule has 3 aromatic rings. The summed E-state index contributed by atoms with van der Waals surface area (Å²) in [6.07, 6.45) is 1.44. The van der Waals surface area contributed by atoms with E-state index in [1.54, 1.807) is 25.3 Å². The third kappa shape index (κ3) is 4.38. The lowest BCUT2D eigenvalue weighted by Crippen LogP contribution is -2.22. The summed E-state index contributed by atoms with van der Waals surface area (Å²) in [7, 11) is 1.62. The second kappa shape index (κ2) is 8.09. The van der Waals surface area contributed by atoms with E-state index >= 15 is 0 Å². The van der Waals surface area contributed by atoms with Crippen LogP contribution in [0.15, 0.2) is 47.1 Å². The molecule has 0 saturated carbocycles. The lowest BCUT2D eigenvalue weighted by Gasteiger charge is -2.09. The minimum Gasteiger partial charge on any atom is -0.496 e. The van der Waals surface area contributed by atoms with Crippen LogP contribution in [0.1, 0.15) is 36.9 Å². The van der Waals surface area contributed by atoms with Crippen molar-refractivity contribution in [1.29, 1.82) is 0 Å². The van der Waals surface area contributed by atoms with Gasteiger partial charge in [0.15, 0.2) is 5.76 Å². The number of carbonyl (C=O) groups is 2. The molecule has 6 nitrogen and oxygen atoms in total. The SMILES string of the molecule is COc1cc(CNC(=O)c2sc(NC(=O)c3ccco3)cc2C)ccc1C. The Kier molecular flexibility index (Phi) is 5.61. The van der Waals surface area contributed by atoms with Crippen LogP contribution in [0.3, 0.4) is 0 Å². The molecule has 0 radical (unpaired) electrons. The number of rotatable bonds is 6. The largest absolute Gasteiger partial charge is 0.496 e. The second-order valence-corrected chi connectivity index (χ2v) is 7.09. The maximum Gasteiger partial charge on any atom is 0.291 e. The Morgan fingerprint density at radius 3 is 2.63 bits per heavy atom. The standard InChI is InChI=1S/C20H20N2O4S/c1-12-6-7-14(10-16(12)25-3)11-21-20(24)18-13(2)9-17(27-18)22-19(23)15-5-4-8-26-15/h4-10H,11H2,1-3H3,(H,21,24)(H,22,23).